The summed E-state index contributed by atoms with van der Waals surface area (Å²) in [5.41, 5.74) is 5.33. The highest BCUT2D eigenvalue weighted by molar-refractivity contribution is 5.97. The minimum absolute atomic E-state index is 0.197. The van der Waals surface area contributed by atoms with Crippen LogP contribution >= 0.6 is 0 Å². The van der Waals surface area contributed by atoms with Crippen LogP contribution in [0.1, 0.15) is 24.2 Å². The molecule has 1 atom stereocenters. The normalized spacial score (nSPS) is 12.2. The molecule has 0 aliphatic heterocycles. The molecule has 0 heterocycles. The fraction of sp³-hybridized carbons (Fsp3) is 0.333. The number of hydrogen-bond acceptors (Lipinski definition) is 3. The summed E-state index contributed by atoms with van der Waals surface area (Å²) in [6.07, 6.45) is 0. The van der Waals surface area contributed by atoms with Gasteiger partial charge < -0.3 is 16.2 Å². The highest BCUT2D eigenvalue weighted by Crippen LogP contribution is 2.12. The molecule has 0 unspecified atom stereocenters. The summed E-state index contributed by atoms with van der Waals surface area (Å²) in [6.45, 7) is 3.30. The molecule has 0 aromatic heterocycles. The highest BCUT2D eigenvalue weighted by Gasteiger charge is 2.25. The Morgan fingerprint density at radius 1 is 1.39 bits per heavy atom. The third-order valence-electron chi connectivity index (χ3n) is 2.46. The van der Waals surface area contributed by atoms with E-state index < -0.39 is 23.7 Å². The number of nitrogens with two attached hydrogens (primary N) is 1. The first kappa shape index (κ1) is 14.0. The molecule has 1 rings (SSSR count). The lowest BCUT2D eigenvalue weighted by molar-refractivity contribution is -0.140. The van der Waals surface area contributed by atoms with Crippen molar-refractivity contribution in [3.05, 3.63) is 29.6 Å². The molecular formula is C12H15FN2O3. The first-order valence-corrected chi connectivity index (χ1v) is 5.41. The minimum atomic E-state index is -1.16. The first-order valence-electron chi connectivity index (χ1n) is 5.41. The maximum Gasteiger partial charge on any atom is 0.326 e. The zero-order chi connectivity index (χ0) is 13.9. The Morgan fingerprint density at radius 2 is 2.00 bits per heavy atom. The van der Waals surface area contributed by atoms with Crippen molar-refractivity contribution in [2.45, 2.75) is 19.9 Å². The molecule has 0 aliphatic carbocycles. The lowest BCUT2D eigenvalue weighted by atomic mass is 10.0. The van der Waals surface area contributed by atoms with E-state index in [1.54, 1.807) is 13.8 Å². The zero-order valence-electron chi connectivity index (χ0n) is 10.1. The molecule has 98 valence electrons. The predicted octanol–water partition coefficient (Wildman–Crippen LogP) is 1.25. The number of nitrogen functional groups attached to an aromatic ring is 1. The molecular weight excluding hydrogens is 239 g/mol. The predicted molar refractivity (Wildman–Crippen MR) is 64.5 cm³/mol. The second-order valence-corrected chi connectivity index (χ2v) is 4.27. The largest absolute Gasteiger partial charge is 0.480 e. The van der Waals surface area contributed by atoms with Gasteiger partial charge in [0.05, 0.1) is 5.56 Å². The van der Waals surface area contributed by atoms with Crippen LogP contribution in [0.2, 0.25) is 0 Å². The van der Waals surface area contributed by atoms with Crippen LogP contribution in [0, 0.1) is 11.7 Å². The van der Waals surface area contributed by atoms with Gasteiger partial charge in [0, 0.05) is 5.69 Å². The molecule has 0 spiro atoms. The van der Waals surface area contributed by atoms with Gasteiger partial charge in [0.2, 0.25) is 0 Å². The van der Waals surface area contributed by atoms with E-state index in [1.807, 2.05) is 0 Å². The topological polar surface area (TPSA) is 92.4 Å². The maximum atomic E-state index is 13.5. The van der Waals surface area contributed by atoms with E-state index in [4.69, 9.17) is 10.8 Å². The fourth-order valence-electron chi connectivity index (χ4n) is 1.45. The van der Waals surface area contributed by atoms with Crippen LogP contribution in [-0.4, -0.2) is 23.0 Å². The van der Waals surface area contributed by atoms with Gasteiger partial charge >= 0.3 is 5.97 Å². The van der Waals surface area contributed by atoms with Crippen LogP contribution in [-0.2, 0) is 4.79 Å². The first-order chi connectivity index (χ1) is 8.32. The molecule has 0 bridgehead atoms. The Hall–Kier alpha value is -2.11. The lowest BCUT2D eigenvalue weighted by Crippen LogP contribution is -2.44. The molecule has 0 aliphatic rings. The smallest absolute Gasteiger partial charge is 0.326 e. The van der Waals surface area contributed by atoms with Gasteiger partial charge in [-0.2, -0.15) is 0 Å². The summed E-state index contributed by atoms with van der Waals surface area (Å²) in [6, 6.07) is 2.55. The third kappa shape index (κ3) is 3.19. The van der Waals surface area contributed by atoms with Gasteiger partial charge in [0.25, 0.3) is 5.91 Å². The zero-order valence-corrected chi connectivity index (χ0v) is 10.1. The molecule has 5 nitrogen and oxygen atoms in total. The highest BCUT2D eigenvalue weighted by atomic mass is 19.1. The van der Waals surface area contributed by atoms with Crippen molar-refractivity contribution in [1.29, 1.82) is 0 Å². The Bertz CT molecular complexity index is 474. The number of nitrogens with one attached hydrogen (secondary N) is 1. The molecule has 0 saturated heterocycles. The molecule has 1 aromatic rings. The van der Waals surface area contributed by atoms with Crippen molar-refractivity contribution in [2.24, 2.45) is 5.92 Å². The van der Waals surface area contributed by atoms with Gasteiger partial charge in [-0.25, -0.2) is 9.18 Å². The number of carbonyl (C=O) groups excluding carboxylic acids is 1. The van der Waals surface area contributed by atoms with Crippen LogP contribution in [0.5, 0.6) is 0 Å². The fourth-order valence-corrected chi connectivity index (χ4v) is 1.45. The average molecular weight is 254 g/mol. The van der Waals surface area contributed by atoms with Crippen molar-refractivity contribution >= 4 is 17.6 Å². The maximum absolute atomic E-state index is 13.5. The van der Waals surface area contributed by atoms with Gasteiger partial charge in [-0.05, 0) is 24.1 Å². The van der Waals surface area contributed by atoms with Gasteiger partial charge in [-0.15, -0.1) is 0 Å². The molecule has 6 heteroatoms. The molecule has 0 saturated carbocycles. The SMILES string of the molecule is CC(C)[C@H](NC(=O)c1ccc(N)cc1F)C(=O)O. The number of carboxylic acid groups (broad SMARTS) is 1. The summed E-state index contributed by atoms with van der Waals surface area (Å²) in [5, 5.41) is 11.2. The average Bonchev–Trinajstić information content (AvgIpc) is 2.24. The van der Waals surface area contributed by atoms with Gasteiger partial charge in [-0.1, -0.05) is 13.8 Å². The molecule has 1 amide bonds. The second kappa shape index (κ2) is 5.48. The van der Waals surface area contributed by atoms with Crippen molar-refractivity contribution in [1.82, 2.24) is 5.32 Å². The number of aliphatic carboxylic acids is 1. The van der Waals surface area contributed by atoms with E-state index in [0.717, 1.165) is 6.07 Å². The second-order valence-electron chi connectivity index (χ2n) is 4.27. The van der Waals surface area contributed by atoms with Crippen molar-refractivity contribution in [3.63, 3.8) is 0 Å². The van der Waals surface area contributed by atoms with E-state index in [1.165, 1.54) is 12.1 Å². The number of carbonyl (C=O) groups is 2. The van der Waals surface area contributed by atoms with Gasteiger partial charge in [-0.3, -0.25) is 4.79 Å². The summed E-state index contributed by atoms with van der Waals surface area (Å²) in [5.74, 6) is -3.01. The summed E-state index contributed by atoms with van der Waals surface area (Å²) < 4.78 is 13.5. The van der Waals surface area contributed by atoms with E-state index in [9.17, 15) is 14.0 Å². The van der Waals surface area contributed by atoms with Crippen molar-refractivity contribution in [3.8, 4) is 0 Å². The number of benzene rings is 1. The monoisotopic (exact) mass is 254 g/mol. The van der Waals surface area contributed by atoms with Crippen molar-refractivity contribution in [2.75, 3.05) is 5.73 Å². The quantitative estimate of drug-likeness (QED) is 0.705. The van der Waals surface area contributed by atoms with E-state index in [-0.39, 0.29) is 17.2 Å². The number of rotatable bonds is 4. The lowest BCUT2D eigenvalue weighted by Gasteiger charge is -2.18. The summed E-state index contributed by atoms with van der Waals surface area (Å²) in [4.78, 5) is 22.7. The number of amides is 1. The van der Waals surface area contributed by atoms with Crippen LogP contribution in [0.3, 0.4) is 0 Å². The van der Waals surface area contributed by atoms with Crippen LogP contribution in [0.25, 0.3) is 0 Å². The Labute approximate surface area is 104 Å². The summed E-state index contributed by atoms with van der Waals surface area (Å²) >= 11 is 0. The van der Waals surface area contributed by atoms with Crippen LogP contribution < -0.4 is 11.1 Å². The molecule has 0 radical (unpaired) electrons. The van der Waals surface area contributed by atoms with E-state index in [2.05, 4.69) is 5.32 Å². The Kier molecular flexibility index (Phi) is 4.25. The minimum Gasteiger partial charge on any atom is -0.480 e. The Balaban J connectivity index is 2.91. The molecule has 0 fully saturated rings. The molecule has 18 heavy (non-hydrogen) atoms. The number of anilines is 1. The van der Waals surface area contributed by atoms with Gasteiger partial charge in [0.15, 0.2) is 0 Å². The van der Waals surface area contributed by atoms with Crippen LogP contribution in [0.15, 0.2) is 18.2 Å². The number of hydrogen-bond donors (Lipinski definition) is 3. The van der Waals surface area contributed by atoms with Crippen LogP contribution in [0.4, 0.5) is 10.1 Å². The number of carboxylic acids is 1. The van der Waals surface area contributed by atoms with Gasteiger partial charge in [0.1, 0.15) is 11.9 Å². The van der Waals surface area contributed by atoms with Crippen molar-refractivity contribution < 1.29 is 19.1 Å². The Morgan fingerprint density at radius 3 is 2.44 bits per heavy atom. The van der Waals surface area contributed by atoms with E-state index >= 15 is 0 Å². The number of halogens is 1. The molecule has 1 aromatic carbocycles. The standard InChI is InChI=1S/C12H15FN2O3/c1-6(2)10(12(17)18)15-11(16)8-4-3-7(14)5-9(8)13/h3-6,10H,14H2,1-2H3,(H,15,16)(H,17,18)/t10-/m0/s1. The third-order valence-corrected chi connectivity index (χ3v) is 2.46. The summed E-state index contributed by atoms with van der Waals surface area (Å²) in [7, 11) is 0. The molecule has 4 N–H and O–H groups in total. The van der Waals surface area contributed by atoms with E-state index in [0.29, 0.717) is 0 Å².